The van der Waals surface area contributed by atoms with Crippen LogP contribution in [0.15, 0.2) is 0 Å². The number of hydrogen-bond donors (Lipinski definition) is 1. The van der Waals surface area contributed by atoms with Gasteiger partial charge in [-0.05, 0) is 24.7 Å². The van der Waals surface area contributed by atoms with Crippen LogP contribution in [0.5, 0.6) is 0 Å². The summed E-state index contributed by atoms with van der Waals surface area (Å²) in [5.41, 5.74) is 0. The van der Waals surface area contributed by atoms with E-state index in [1.807, 2.05) is 0 Å². The summed E-state index contributed by atoms with van der Waals surface area (Å²) in [5, 5.41) is 9.57. The second-order valence-corrected chi connectivity index (χ2v) is 5.97. The van der Waals surface area contributed by atoms with E-state index in [4.69, 9.17) is 0 Å². The summed E-state index contributed by atoms with van der Waals surface area (Å²) in [6.45, 7) is 8.98. The average Bonchev–Trinajstić information content (AvgIpc) is 2.31. The van der Waals surface area contributed by atoms with Crippen LogP contribution >= 0.6 is 0 Å². The molecule has 1 heteroatoms. The lowest BCUT2D eigenvalue weighted by molar-refractivity contribution is 0.153. The molecule has 0 aromatic heterocycles. The number of aliphatic hydroxyl groups is 1. The van der Waals surface area contributed by atoms with Gasteiger partial charge in [-0.1, -0.05) is 72.6 Å². The van der Waals surface area contributed by atoms with Gasteiger partial charge in [0, 0.05) is 0 Å². The van der Waals surface area contributed by atoms with Gasteiger partial charge in [0.25, 0.3) is 0 Å². The Morgan fingerprint density at radius 3 is 2.00 bits per heavy atom. The molecular weight excluding hydrogens is 208 g/mol. The highest BCUT2D eigenvalue weighted by Gasteiger charge is 2.10. The van der Waals surface area contributed by atoms with Gasteiger partial charge in [0.05, 0.1) is 6.10 Å². The normalized spacial score (nSPS) is 15.2. The molecule has 17 heavy (non-hydrogen) atoms. The summed E-state index contributed by atoms with van der Waals surface area (Å²) in [5.74, 6) is 1.74. The maximum absolute atomic E-state index is 9.57. The van der Waals surface area contributed by atoms with E-state index in [9.17, 15) is 5.11 Å². The fourth-order valence-corrected chi connectivity index (χ4v) is 2.34. The SMILES string of the molecule is CCCCC(CCCC(O)CC)CCC(C)C. The van der Waals surface area contributed by atoms with E-state index in [2.05, 4.69) is 27.7 Å². The Hall–Kier alpha value is -0.0400. The van der Waals surface area contributed by atoms with Crippen molar-refractivity contribution in [1.29, 1.82) is 0 Å². The Morgan fingerprint density at radius 2 is 1.47 bits per heavy atom. The predicted octanol–water partition coefficient (Wildman–Crippen LogP) is 5.17. The van der Waals surface area contributed by atoms with E-state index < -0.39 is 0 Å². The molecule has 1 N–H and O–H groups in total. The van der Waals surface area contributed by atoms with E-state index in [0.29, 0.717) is 0 Å². The van der Waals surface area contributed by atoms with Crippen molar-refractivity contribution in [3.63, 3.8) is 0 Å². The van der Waals surface area contributed by atoms with E-state index in [-0.39, 0.29) is 6.10 Å². The third kappa shape index (κ3) is 10.8. The van der Waals surface area contributed by atoms with Crippen LogP contribution < -0.4 is 0 Å². The summed E-state index contributed by atoms with van der Waals surface area (Å²) in [7, 11) is 0. The molecule has 0 aliphatic heterocycles. The maximum Gasteiger partial charge on any atom is 0.0537 e. The summed E-state index contributed by atoms with van der Waals surface area (Å²) >= 11 is 0. The number of unbranched alkanes of at least 4 members (excludes halogenated alkanes) is 1. The zero-order chi connectivity index (χ0) is 13.1. The van der Waals surface area contributed by atoms with Gasteiger partial charge >= 0.3 is 0 Å². The van der Waals surface area contributed by atoms with E-state index in [1.165, 1.54) is 44.9 Å². The van der Waals surface area contributed by atoms with Crippen molar-refractivity contribution in [2.45, 2.75) is 91.6 Å². The fraction of sp³-hybridized carbons (Fsp3) is 1.00. The van der Waals surface area contributed by atoms with Crippen LogP contribution in [-0.2, 0) is 0 Å². The molecule has 2 unspecified atom stereocenters. The molecule has 0 aliphatic carbocycles. The summed E-state index contributed by atoms with van der Waals surface area (Å²) in [6, 6.07) is 0. The lowest BCUT2D eigenvalue weighted by Crippen LogP contribution is -2.07. The van der Waals surface area contributed by atoms with Crippen molar-refractivity contribution in [1.82, 2.24) is 0 Å². The van der Waals surface area contributed by atoms with Crippen LogP contribution in [-0.4, -0.2) is 11.2 Å². The Morgan fingerprint density at radius 1 is 0.824 bits per heavy atom. The van der Waals surface area contributed by atoms with Crippen molar-refractivity contribution < 1.29 is 5.11 Å². The summed E-state index contributed by atoms with van der Waals surface area (Å²) < 4.78 is 0. The molecule has 0 aromatic rings. The number of rotatable bonds is 11. The topological polar surface area (TPSA) is 20.2 Å². The van der Waals surface area contributed by atoms with Gasteiger partial charge in [-0.15, -0.1) is 0 Å². The van der Waals surface area contributed by atoms with E-state index >= 15 is 0 Å². The van der Waals surface area contributed by atoms with Crippen molar-refractivity contribution in [2.75, 3.05) is 0 Å². The van der Waals surface area contributed by atoms with Crippen molar-refractivity contribution in [3.05, 3.63) is 0 Å². The zero-order valence-electron chi connectivity index (χ0n) is 12.5. The minimum atomic E-state index is -0.0630. The highest BCUT2D eigenvalue weighted by Crippen LogP contribution is 2.24. The lowest BCUT2D eigenvalue weighted by atomic mass is 9.89. The first-order valence-corrected chi connectivity index (χ1v) is 7.78. The molecule has 0 bridgehead atoms. The molecule has 0 aliphatic rings. The Balaban J connectivity index is 3.75. The molecule has 0 heterocycles. The maximum atomic E-state index is 9.57. The van der Waals surface area contributed by atoms with E-state index in [0.717, 1.165) is 24.7 Å². The van der Waals surface area contributed by atoms with Gasteiger partial charge in [0.1, 0.15) is 0 Å². The highest BCUT2D eigenvalue weighted by molar-refractivity contribution is 4.63. The monoisotopic (exact) mass is 242 g/mol. The second kappa shape index (κ2) is 11.1. The molecule has 0 spiro atoms. The summed E-state index contributed by atoms with van der Waals surface area (Å²) in [6.07, 6.45) is 11.2. The Kier molecular flexibility index (Phi) is 11.0. The third-order valence-electron chi connectivity index (χ3n) is 3.74. The highest BCUT2D eigenvalue weighted by atomic mass is 16.3. The van der Waals surface area contributed by atoms with Crippen LogP contribution in [0.3, 0.4) is 0 Å². The van der Waals surface area contributed by atoms with Gasteiger partial charge in [0.15, 0.2) is 0 Å². The van der Waals surface area contributed by atoms with Crippen LogP contribution in [0.4, 0.5) is 0 Å². The van der Waals surface area contributed by atoms with Gasteiger partial charge in [0.2, 0.25) is 0 Å². The van der Waals surface area contributed by atoms with E-state index in [1.54, 1.807) is 0 Å². The van der Waals surface area contributed by atoms with Crippen molar-refractivity contribution in [2.24, 2.45) is 11.8 Å². The zero-order valence-corrected chi connectivity index (χ0v) is 12.5. The van der Waals surface area contributed by atoms with Crippen LogP contribution in [0.25, 0.3) is 0 Å². The second-order valence-electron chi connectivity index (χ2n) is 5.97. The van der Waals surface area contributed by atoms with Crippen molar-refractivity contribution in [3.8, 4) is 0 Å². The predicted molar refractivity (Wildman–Crippen MR) is 77.2 cm³/mol. The van der Waals surface area contributed by atoms with Crippen LogP contribution in [0.2, 0.25) is 0 Å². The molecule has 0 aromatic carbocycles. The fourth-order valence-electron chi connectivity index (χ4n) is 2.34. The van der Waals surface area contributed by atoms with Gasteiger partial charge in [-0.3, -0.25) is 0 Å². The molecule has 0 saturated carbocycles. The third-order valence-corrected chi connectivity index (χ3v) is 3.74. The molecule has 2 atom stereocenters. The number of aliphatic hydroxyl groups excluding tert-OH is 1. The van der Waals surface area contributed by atoms with Gasteiger partial charge < -0.3 is 5.11 Å². The van der Waals surface area contributed by atoms with Crippen molar-refractivity contribution >= 4 is 0 Å². The molecule has 0 fully saturated rings. The molecular formula is C16H34O. The van der Waals surface area contributed by atoms with Gasteiger partial charge in [-0.25, -0.2) is 0 Å². The largest absolute Gasteiger partial charge is 0.393 e. The smallest absolute Gasteiger partial charge is 0.0537 e. The van der Waals surface area contributed by atoms with Crippen LogP contribution in [0, 0.1) is 11.8 Å². The minimum absolute atomic E-state index is 0.0630. The Bertz CT molecular complexity index is 154. The molecule has 104 valence electrons. The first-order chi connectivity index (χ1) is 8.10. The lowest BCUT2D eigenvalue weighted by Gasteiger charge is -2.18. The average molecular weight is 242 g/mol. The summed E-state index contributed by atoms with van der Waals surface area (Å²) in [4.78, 5) is 0. The number of hydrogen-bond acceptors (Lipinski definition) is 1. The van der Waals surface area contributed by atoms with Crippen LogP contribution in [0.1, 0.15) is 85.5 Å². The quantitative estimate of drug-likeness (QED) is 0.530. The molecule has 0 saturated heterocycles. The molecule has 0 rings (SSSR count). The minimum Gasteiger partial charge on any atom is -0.393 e. The molecule has 1 nitrogen and oxygen atoms in total. The molecule has 0 amide bonds. The molecule has 0 radical (unpaired) electrons. The first kappa shape index (κ1) is 17.0. The first-order valence-electron chi connectivity index (χ1n) is 7.78. The Labute approximate surface area is 109 Å². The standard InChI is InChI=1S/C16H34O/c1-5-7-9-15(13-12-14(3)4)10-8-11-16(17)6-2/h14-17H,5-13H2,1-4H3. The van der Waals surface area contributed by atoms with Gasteiger partial charge in [-0.2, -0.15) is 0 Å².